The first-order chi connectivity index (χ1) is 14.5. The lowest BCUT2D eigenvalue weighted by Crippen LogP contribution is -2.42. The van der Waals surface area contributed by atoms with E-state index in [1.807, 2.05) is 6.07 Å². The summed E-state index contributed by atoms with van der Waals surface area (Å²) in [5.41, 5.74) is 1.70. The molecule has 0 atom stereocenters. The Hall–Kier alpha value is -3.98. The van der Waals surface area contributed by atoms with E-state index in [0.29, 0.717) is 22.4 Å². The molecule has 1 heterocycles. The molecule has 1 aliphatic rings. The van der Waals surface area contributed by atoms with Crippen molar-refractivity contribution < 1.29 is 18.7 Å². The average molecular weight is 402 g/mol. The molecule has 6 heteroatoms. The summed E-state index contributed by atoms with van der Waals surface area (Å²) < 4.78 is 19.3. The van der Waals surface area contributed by atoms with E-state index in [1.165, 1.54) is 12.1 Å². The molecule has 0 saturated heterocycles. The lowest BCUT2D eigenvalue weighted by molar-refractivity contribution is -0.139. The normalized spacial score (nSPS) is 15.4. The van der Waals surface area contributed by atoms with Crippen molar-refractivity contribution in [2.75, 3.05) is 6.54 Å². The second kappa shape index (κ2) is 9.01. The number of hydrogen-bond donors (Lipinski definition) is 0. The van der Waals surface area contributed by atoms with Gasteiger partial charge in [-0.25, -0.2) is 4.39 Å². The molecule has 2 aromatic carbocycles. The zero-order chi connectivity index (χ0) is 21.7. The zero-order valence-corrected chi connectivity index (χ0v) is 16.4. The van der Waals surface area contributed by atoms with Gasteiger partial charge in [0.25, 0.3) is 11.8 Å². The van der Waals surface area contributed by atoms with Crippen LogP contribution in [0.4, 0.5) is 4.39 Å². The van der Waals surface area contributed by atoms with E-state index in [-0.39, 0.29) is 30.1 Å². The first-order valence-electron chi connectivity index (χ1n) is 9.22. The Morgan fingerprint density at radius 1 is 1.13 bits per heavy atom. The smallest absolute Gasteiger partial charge is 0.271 e. The third kappa shape index (κ3) is 4.20. The molecule has 0 unspecified atom stereocenters. The van der Waals surface area contributed by atoms with Crippen molar-refractivity contribution in [3.8, 4) is 11.8 Å². The summed E-state index contributed by atoms with van der Waals surface area (Å²) >= 11 is 0. The van der Waals surface area contributed by atoms with Crippen LogP contribution in [0.1, 0.15) is 18.1 Å². The van der Waals surface area contributed by atoms with Gasteiger partial charge >= 0.3 is 0 Å². The molecule has 30 heavy (non-hydrogen) atoms. The van der Waals surface area contributed by atoms with Crippen LogP contribution >= 0.6 is 0 Å². The van der Waals surface area contributed by atoms with Gasteiger partial charge in [-0.05, 0) is 42.3 Å². The fourth-order valence-corrected chi connectivity index (χ4v) is 3.03. The van der Waals surface area contributed by atoms with E-state index >= 15 is 0 Å². The predicted octanol–water partition coefficient (Wildman–Crippen LogP) is 4.18. The molecule has 0 aliphatic carbocycles. The summed E-state index contributed by atoms with van der Waals surface area (Å²) in [4.78, 5) is 26.1. The molecule has 0 saturated carbocycles. The molecule has 0 aromatic heterocycles. The first-order valence-corrected chi connectivity index (χ1v) is 9.22. The Balaban J connectivity index is 1.83. The van der Waals surface area contributed by atoms with Gasteiger partial charge in [0.2, 0.25) is 0 Å². The quantitative estimate of drug-likeness (QED) is 0.413. The van der Waals surface area contributed by atoms with Crippen LogP contribution in [0.2, 0.25) is 0 Å². The fourth-order valence-electron chi connectivity index (χ4n) is 3.03. The summed E-state index contributed by atoms with van der Waals surface area (Å²) in [6.07, 6.45) is 3.06. The molecule has 3 rings (SSSR count). The van der Waals surface area contributed by atoms with E-state index in [4.69, 9.17) is 4.74 Å². The van der Waals surface area contributed by atoms with Crippen molar-refractivity contribution in [3.05, 3.63) is 94.8 Å². The second-order valence-electron chi connectivity index (χ2n) is 6.63. The third-order valence-electron chi connectivity index (χ3n) is 4.68. The van der Waals surface area contributed by atoms with E-state index in [9.17, 15) is 19.2 Å². The van der Waals surface area contributed by atoms with Crippen molar-refractivity contribution >= 4 is 17.9 Å². The lowest BCUT2D eigenvalue weighted by Gasteiger charge is -2.26. The maximum absolute atomic E-state index is 13.7. The largest absolute Gasteiger partial charge is 0.489 e. The topological polar surface area (TPSA) is 70.4 Å². The van der Waals surface area contributed by atoms with Crippen LogP contribution in [0.5, 0.6) is 5.75 Å². The minimum atomic E-state index is -0.617. The van der Waals surface area contributed by atoms with E-state index in [0.717, 1.165) is 4.90 Å². The number of nitriles is 1. The second-order valence-corrected chi connectivity index (χ2v) is 6.63. The maximum atomic E-state index is 13.7. The van der Waals surface area contributed by atoms with Crippen LogP contribution in [0.15, 0.2) is 77.9 Å². The van der Waals surface area contributed by atoms with E-state index in [2.05, 4.69) is 6.58 Å². The number of rotatable bonds is 6. The van der Waals surface area contributed by atoms with Gasteiger partial charge in [-0.3, -0.25) is 14.5 Å². The van der Waals surface area contributed by atoms with Crippen LogP contribution in [0.3, 0.4) is 0 Å². The van der Waals surface area contributed by atoms with Crippen LogP contribution in [-0.2, 0) is 16.2 Å². The Labute approximate surface area is 174 Å². The number of nitrogens with zero attached hydrogens (tertiary/aromatic N) is 2. The molecule has 1 aliphatic heterocycles. The SMILES string of the molecule is C=CCN1C(=O)C(C#N)=C(C)/C(=C\c2ccc(OCc3ccccc3F)cc2)C1=O. The van der Waals surface area contributed by atoms with Gasteiger partial charge in [-0.15, -0.1) is 6.58 Å². The van der Waals surface area contributed by atoms with Crippen molar-refractivity contribution in [2.24, 2.45) is 0 Å². The van der Waals surface area contributed by atoms with Gasteiger partial charge in [0, 0.05) is 17.7 Å². The van der Waals surface area contributed by atoms with Gasteiger partial charge in [0.15, 0.2) is 0 Å². The summed E-state index contributed by atoms with van der Waals surface area (Å²) in [5.74, 6) is -0.877. The molecule has 150 valence electrons. The van der Waals surface area contributed by atoms with Gasteiger partial charge in [-0.1, -0.05) is 36.4 Å². The Kier molecular flexibility index (Phi) is 6.23. The van der Waals surface area contributed by atoms with Crippen LogP contribution in [0.25, 0.3) is 6.08 Å². The van der Waals surface area contributed by atoms with Crippen molar-refractivity contribution in [2.45, 2.75) is 13.5 Å². The first kappa shape index (κ1) is 20.7. The minimum Gasteiger partial charge on any atom is -0.489 e. The molecule has 0 bridgehead atoms. The molecule has 5 nitrogen and oxygen atoms in total. The van der Waals surface area contributed by atoms with Gasteiger partial charge < -0.3 is 4.74 Å². The number of carbonyl (C=O) groups is 2. The Morgan fingerprint density at radius 2 is 1.83 bits per heavy atom. The highest BCUT2D eigenvalue weighted by Crippen LogP contribution is 2.27. The van der Waals surface area contributed by atoms with Crippen LogP contribution < -0.4 is 4.74 Å². The predicted molar refractivity (Wildman–Crippen MR) is 110 cm³/mol. The number of hydrogen-bond acceptors (Lipinski definition) is 4. The highest BCUT2D eigenvalue weighted by atomic mass is 19.1. The fraction of sp³-hybridized carbons (Fsp3) is 0.125. The molecule has 2 amide bonds. The highest BCUT2D eigenvalue weighted by Gasteiger charge is 2.34. The number of amides is 2. The molecular weight excluding hydrogens is 383 g/mol. The van der Waals surface area contributed by atoms with Gasteiger partial charge in [0.1, 0.15) is 29.8 Å². The molecule has 2 aromatic rings. The molecule has 0 radical (unpaired) electrons. The Morgan fingerprint density at radius 3 is 2.47 bits per heavy atom. The average Bonchev–Trinajstić information content (AvgIpc) is 2.75. The number of ether oxygens (including phenoxy) is 1. The number of imide groups is 1. The Bertz CT molecular complexity index is 1110. The van der Waals surface area contributed by atoms with Gasteiger partial charge in [-0.2, -0.15) is 5.26 Å². The van der Waals surface area contributed by atoms with Crippen LogP contribution in [0, 0.1) is 17.1 Å². The summed E-state index contributed by atoms with van der Waals surface area (Å²) in [7, 11) is 0. The standard InChI is InChI=1S/C24H19FN2O3/c1-3-12-27-23(28)20(16(2)21(14-26)24(27)29)13-17-8-10-19(11-9-17)30-15-18-6-4-5-7-22(18)25/h3-11,13H,1,12,15H2,2H3/b20-13+. The van der Waals surface area contributed by atoms with E-state index < -0.39 is 11.8 Å². The lowest BCUT2D eigenvalue weighted by atomic mass is 9.93. The zero-order valence-electron chi connectivity index (χ0n) is 16.4. The van der Waals surface area contributed by atoms with Gasteiger partial charge in [0.05, 0.1) is 0 Å². The summed E-state index contributed by atoms with van der Waals surface area (Å²) in [6, 6.07) is 15.2. The third-order valence-corrected chi connectivity index (χ3v) is 4.68. The summed E-state index contributed by atoms with van der Waals surface area (Å²) in [5, 5.41) is 9.33. The summed E-state index contributed by atoms with van der Waals surface area (Å²) in [6.45, 7) is 5.25. The molecular formula is C24H19FN2O3. The van der Waals surface area contributed by atoms with Crippen LogP contribution in [-0.4, -0.2) is 23.3 Å². The molecule has 0 spiro atoms. The van der Waals surface area contributed by atoms with Crippen molar-refractivity contribution in [1.29, 1.82) is 5.26 Å². The number of halogens is 1. The molecule has 0 N–H and O–H groups in total. The maximum Gasteiger partial charge on any atom is 0.271 e. The minimum absolute atomic E-state index is 0.0241. The monoisotopic (exact) mass is 402 g/mol. The van der Waals surface area contributed by atoms with Crippen molar-refractivity contribution in [1.82, 2.24) is 4.90 Å². The number of carbonyl (C=O) groups excluding carboxylic acids is 2. The highest BCUT2D eigenvalue weighted by molar-refractivity contribution is 6.19. The number of benzene rings is 2. The van der Waals surface area contributed by atoms with Crippen molar-refractivity contribution in [3.63, 3.8) is 0 Å². The molecule has 0 fully saturated rings. The van der Waals surface area contributed by atoms with E-state index in [1.54, 1.807) is 55.5 Å².